The smallest absolute Gasteiger partial charge is 0.159 e. The van der Waals surface area contributed by atoms with Gasteiger partial charge in [-0.05, 0) is 19.3 Å². The molecule has 86 valence electrons. The minimum absolute atomic E-state index is 0.287. The molecule has 0 fully saturated rings. The first kappa shape index (κ1) is 12.0. The maximum Gasteiger partial charge on any atom is 0.159 e. The molecular weight excluding hydrogens is 190 g/mol. The molecule has 0 aliphatic rings. The van der Waals surface area contributed by atoms with E-state index in [1.807, 2.05) is 11.7 Å². The molecule has 4 nitrogen and oxygen atoms in total. The fraction of sp³-hybridized carbons (Fsp3) is 0.727. The van der Waals surface area contributed by atoms with E-state index in [1.165, 1.54) is 0 Å². The molecule has 4 heteroatoms. The minimum atomic E-state index is 0.287. The first-order valence-electron chi connectivity index (χ1n) is 5.49. The molecule has 0 spiro atoms. The Morgan fingerprint density at radius 2 is 2.27 bits per heavy atom. The fourth-order valence-electron chi connectivity index (χ4n) is 1.74. The number of hydrogen-bond acceptors (Lipinski definition) is 3. The van der Waals surface area contributed by atoms with Gasteiger partial charge in [-0.3, -0.25) is 4.68 Å². The van der Waals surface area contributed by atoms with Crippen LogP contribution in [-0.2, 0) is 13.5 Å². The lowest BCUT2D eigenvalue weighted by Crippen LogP contribution is -2.20. The Kier molecular flexibility index (Phi) is 4.62. The van der Waals surface area contributed by atoms with Crippen molar-refractivity contribution in [1.29, 1.82) is 0 Å². The molecule has 1 rings (SSSR count). The number of nitrogens with two attached hydrogens (primary N) is 1. The minimum Gasteiger partial charge on any atom is -0.493 e. The zero-order valence-electron chi connectivity index (χ0n) is 9.86. The SMILES string of the molecule is CCCC(N)CCc1c(OC)cnn1C. The Morgan fingerprint density at radius 1 is 1.53 bits per heavy atom. The number of nitrogens with zero attached hydrogens (tertiary/aromatic N) is 2. The van der Waals surface area contributed by atoms with Gasteiger partial charge in [0.15, 0.2) is 5.75 Å². The third-order valence-corrected chi connectivity index (χ3v) is 2.65. The van der Waals surface area contributed by atoms with Crippen LogP contribution in [-0.4, -0.2) is 22.9 Å². The maximum atomic E-state index is 5.97. The lowest BCUT2D eigenvalue weighted by molar-refractivity contribution is 0.406. The van der Waals surface area contributed by atoms with Crippen molar-refractivity contribution >= 4 is 0 Å². The number of rotatable bonds is 6. The maximum absolute atomic E-state index is 5.97. The van der Waals surface area contributed by atoms with Crippen molar-refractivity contribution in [2.75, 3.05) is 7.11 Å². The Morgan fingerprint density at radius 3 is 2.87 bits per heavy atom. The van der Waals surface area contributed by atoms with Crippen LogP contribution in [0.4, 0.5) is 0 Å². The monoisotopic (exact) mass is 211 g/mol. The van der Waals surface area contributed by atoms with Gasteiger partial charge in [0.25, 0.3) is 0 Å². The number of ether oxygens (including phenoxy) is 1. The van der Waals surface area contributed by atoms with Gasteiger partial charge in [0.1, 0.15) is 0 Å². The highest BCUT2D eigenvalue weighted by Gasteiger charge is 2.10. The van der Waals surface area contributed by atoms with E-state index in [2.05, 4.69) is 12.0 Å². The first-order valence-corrected chi connectivity index (χ1v) is 5.49. The van der Waals surface area contributed by atoms with E-state index in [9.17, 15) is 0 Å². The van der Waals surface area contributed by atoms with Crippen molar-refractivity contribution < 1.29 is 4.74 Å². The van der Waals surface area contributed by atoms with Gasteiger partial charge in [-0.15, -0.1) is 0 Å². The molecule has 0 amide bonds. The Balaban J connectivity index is 2.52. The molecule has 1 atom stereocenters. The average molecular weight is 211 g/mol. The van der Waals surface area contributed by atoms with E-state index in [-0.39, 0.29) is 6.04 Å². The first-order chi connectivity index (χ1) is 7.19. The van der Waals surface area contributed by atoms with E-state index in [0.717, 1.165) is 37.1 Å². The molecule has 0 bridgehead atoms. The molecule has 0 radical (unpaired) electrons. The van der Waals surface area contributed by atoms with Crippen LogP contribution in [0, 0.1) is 0 Å². The van der Waals surface area contributed by atoms with Crippen molar-refractivity contribution in [2.24, 2.45) is 12.8 Å². The Hall–Kier alpha value is -1.03. The zero-order valence-corrected chi connectivity index (χ0v) is 9.86. The van der Waals surface area contributed by atoms with E-state index < -0.39 is 0 Å². The van der Waals surface area contributed by atoms with Crippen LogP contribution >= 0.6 is 0 Å². The molecular formula is C11H21N3O. The van der Waals surface area contributed by atoms with Crippen molar-refractivity contribution in [2.45, 2.75) is 38.6 Å². The summed E-state index contributed by atoms with van der Waals surface area (Å²) in [5, 5.41) is 4.16. The second-order valence-electron chi connectivity index (χ2n) is 3.87. The van der Waals surface area contributed by atoms with Gasteiger partial charge in [0.05, 0.1) is 19.0 Å². The normalized spacial score (nSPS) is 12.8. The predicted molar refractivity (Wildman–Crippen MR) is 61.0 cm³/mol. The van der Waals surface area contributed by atoms with Crippen LogP contribution in [0.15, 0.2) is 6.20 Å². The van der Waals surface area contributed by atoms with Crippen LogP contribution in [0.1, 0.15) is 31.9 Å². The van der Waals surface area contributed by atoms with Crippen molar-refractivity contribution in [3.63, 3.8) is 0 Å². The molecule has 1 heterocycles. The summed E-state index contributed by atoms with van der Waals surface area (Å²) in [6.07, 6.45) is 5.90. The van der Waals surface area contributed by atoms with Gasteiger partial charge in [-0.25, -0.2) is 0 Å². The summed E-state index contributed by atoms with van der Waals surface area (Å²) in [5.74, 6) is 0.862. The molecule has 0 aliphatic heterocycles. The van der Waals surface area contributed by atoms with Crippen molar-refractivity contribution in [3.05, 3.63) is 11.9 Å². The van der Waals surface area contributed by atoms with Crippen LogP contribution in [0.25, 0.3) is 0 Å². The van der Waals surface area contributed by atoms with E-state index in [0.29, 0.717) is 0 Å². The van der Waals surface area contributed by atoms with Crippen molar-refractivity contribution in [3.8, 4) is 5.75 Å². The van der Waals surface area contributed by atoms with Gasteiger partial charge in [-0.1, -0.05) is 13.3 Å². The molecule has 1 unspecified atom stereocenters. The summed E-state index contributed by atoms with van der Waals surface area (Å²) < 4.78 is 7.09. The summed E-state index contributed by atoms with van der Waals surface area (Å²) in [7, 11) is 3.61. The third kappa shape index (κ3) is 3.23. The highest BCUT2D eigenvalue weighted by molar-refractivity contribution is 5.25. The summed E-state index contributed by atoms with van der Waals surface area (Å²) in [5.41, 5.74) is 7.10. The largest absolute Gasteiger partial charge is 0.493 e. The van der Waals surface area contributed by atoms with Crippen LogP contribution < -0.4 is 10.5 Å². The Bertz CT molecular complexity index is 296. The molecule has 0 saturated heterocycles. The number of aromatic nitrogens is 2. The lowest BCUT2D eigenvalue weighted by atomic mass is 10.1. The average Bonchev–Trinajstić information content (AvgIpc) is 2.57. The van der Waals surface area contributed by atoms with Gasteiger partial charge < -0.3 is 10.5 Å². The Labute approximate surface area is 91.4 Å². The summed E-state index contributed by atoms with van der Waals surface area (Å²) in [4.78, 5) is 0. The summed E-state index contributed by atoms with van der Waals surface area (Å²) in [6.45, 7) is 2.16. The number of hydrogen-bond donors (Lipinski definition) is 1. The predicted octanol–water partition coefficient (Wildman–Crippen LogP) is 1.49. The second-order valence-corrected chi connectivity index (χ2v) is 3.87. The van der Waals surface area contributed by atoms with Crippen LogP contribution in [0.2, 0.25) is 0 Å². The van der Waals surface area contributed by atoms with Gasteiger partial charge in [0.2, 0.25) is 0 Å². The summed E-state index contributed by atoms with van der Waals surface area (Å²) in [6, 6.07) is 0.287. The molecule has 0 saturated carbocycles. The molecule has 0 aliphatic carbocycles. The highest BCUT2D eigenvalue weighted by Crippen LogP contribution is 2.18. The van der Waals surface area contributed by atoms with E-state index in [4.69, 9.17) is 10.5 Å². The van der Waals surface area contributed by atoms with Gasteiger partial charge in [-0.2, -0.15) is 5.10 Å². The number of aryl methyl sites for hydroxylation is 1. The molecule has 1 aromatic rings. The van der Waals surface area contributed by atoms with Gasteiger partial charge in [0, 0.05) is 13.1 Å². The molecule has 2 N–H and O–H groups in total. The quantitative estimate of drug-likeness (QED) is 0.775. The molecule has 1 aromatic heterocycles. The van der Waals surface area contributed by atoms with Crippen LogP contribution in [0.3, 0.4) is 0 Å². The number of methoxy groups -OCH3 is 1. The van der Waals surface area contributed by atoms with E-state index >= 15 is 0 Å². The highest BCUT2D eigenvalue weighted by atomic mass is 16.5. The standard InChI is InChI=1S/C11H21N3O/c1-4-5-9(12)6-7-10-11(15-3)8-13-14(10)2/h8-9H,4-7,12H2,1-3H3. The lowest BCUT2D eigenvalue weighted by Gasteiger charge is -2.10. The molecule has 15 heavy (non-hydrogen) atoms. The molecule has 0 aromatic carbocycles. The third-order valence-electron chi connectivity index (χ3n) is 2.65. The second kappa shape index (κ2) is 5.75. The fourth-order valence-corrected chi connectivity index (χ4v) is 1.74. The van der Waals surface area contributed by atoms with E-state index in [1.54, 1.807) is 13.3 Å². The summed E-state index contributed by atoms with van der Waals surface area (Å²) >= 11 is 0. The topological polar surface area (TPSA) is 53.1 Å². The zero-order chi connectivity index (χ0) is 11.3. The van der Waals surface area contributed by atoms with Crippen molar-refractivity contribution in [1.82, 2.24) is 9.78 Å². The van der Waals surface area contributed by atoms with Gasteiger partial charge >= 0.3 is 0 Å². The van der Waals surface area contributed by atoms with Crippen LogP contribution in [0.5, 0.6) is 5.75 Å².